The van der Waals surface area contributed by atoms with Crippen molar-refractivity contribution < 1.29 is 18.7 Å². The SMILES string of the molecule is CN(C)/C=N/c1nc2c(ncn2[C@@H]2O[C@H](CO[Si](c3ccccc3)(c3ccccc3)C(C)(C)C)[C@H](Br)[C@H]2OC(=O)[15NH]Cc2ccccc2)c(=O)[nH]1. The predicted molar refractivity (Wildman–Crippen MR) is 204 cm³/mol. The Morgan fingerprint density at radius 2 is 1.65 bits per heavy atom. The lowest BCUT2D eigenvalue weighted by atomic mass is 10.2. The second kappa shape index (κ2) is 15.3. The molecule has 2 aromatic heterocycles. The summed E-state index contributed by atoms with van der Waals surface area (Å²) in [5.74, 6) is 0.0981. The number of aromatic amines is 1. The van der Waals surface area contributed by atoms with E-state index in [0.717, 1.165) is 15.9 Å². The fourth-order valence-electron chi connectivity index (χ4n) is 6.41. The molecule has 1 saturated heterocycles. The Kier molecular flexibility index (Phi) is 10.9. The summed E-state index contributed by atoms with van der Waals surface area (Å²) in [7, 11) is 0.691. The van der Waals surface area contributed by atoms with Crippen LogP contribution in [0.15, 0.2) is 107 Å². The number of ether oxygens (including phenoxy) is 2. The maximum absolute atomic E-state index is 13.3. The van der Waals surface area contributed by atoms with Crippen molar-refractivity contribution in [1.29, 1.82) is 0 Å². The lowest BCUT2D eigenvalue weighted by molar-refractivity contribution is -0.0500. The van der Waals surface area contributed by atoms with Gasteiger partial charge in [-0.05, 0) is 21.0 Å². The van der Waals surface area contributed by atoms with Crippen molar-refractivity contribution in [3.05, 3.63) is 113 Å². The van der Waals surface area contributed by atoms with Gasteiger partial charge in [0.15, 0.2) is 23.5 Å². The number of carbonyl (C=O) groups excluding carboxylic acids is 1. The molecular weight excluding hydrogens is 731 g/mol. The van der Waals surface area contributed by atoms with E-state index in [2.05, 4.69) is 86.2 Å². The number of nitrogens with one attached hydrogen (secondary N) is 2. The summed E-state index contributed by atoms with van der Waals surface area (Å²) in [5, 5.41) is 4.85. The summed E-state index contributed by atoms with van der Waals surface area (Å²) in [6, 6.07) is 30.3. The molecule has 0 radical (unpaired) electrons. The van der Waals surface area contributed by atoms with E-state index in [1.165, 1.54) is 12.7 Å². The Labute approximate surface area is 306 Å². The highest BCUT2D eigenvalue weighted by atomic mass is 79.9. The zero-order valence-electron chi connectivity index (χ0n) is 29.2. The van der Waals surface area contributed by atoms with Gasteiger partial charge in [0.2, 0.25) is 5.95 Å². The number of hydrogen-bond donors (Lipinski definition) is 2. The summed E-state index contributed by atoms with van der Waals surface area (Å²) in [6.07, 6.45) is 0.0407. The van der Waals surface area contributed by atoms with Crippen LogP contribution in [0.3, 0.4) is 0 Å². The first kappa shape index (κ1) is 36.2. The number of aromatic nitrogens is 4. The minimum Gasteiger partial charge on any atom is -0.440 e. The van der Waals surface area contributed by atoms with E-state index in [9.17, 15) is 9.59 Å². The fourth-order valence-corrected chi connectivity index (χ4v) is 11.6. The summed E-state index contributed by atoms with van der Waals surface area (Å²) >= 11 is 3.84. The first-order chi connectivity index (χ1) is 24.5. The van der Waals surface area contributed by atoms with Gasteiger partial charge in [0, 0.05) is 20.6 Å². The van der Waals surface area contributed by atoms with Crippen molar-refractivity contribution in [3.63, 3.8) is 0 Å². The zero-order chi connectivity index (χ0) is 36.2. The normalized spacial score (nSPS) is 19.4. The molecule has 0 spiro atoms. The van der Waals surface area contributed by atoms with E-state index in [1.54, 1.807) is 9.47 Å². The zero-order valence-corrected chi connectivity index (χ0v) is 31.8. The minimum atomic E-state index is -2.93. The van der Waals surface area contributed by atoms with E-state index in [1.807, 2.05) is 80.8 Å². The summed E-state index contributed by atoms with van der Waals surface area (Å²) in [5.41, 5.74) is 0.812. The van der Waals surface area contributed by atoms with Crippen LogP contribution in [0.25, 0.3) is 11.2 Å². The fraction of sp³-hybridized carbons (Fsp3) is 0.324. The Morgan fingerprint density at radius 1 is 1.04 bits per heavy atom. The van der Waals surface area contributed by atoms with Gasteiger partial charge < -0.3 is 24.1 Å². The van der Waals surface area contributed by atoms with E-state index in [0.29, 0.717) is 0 Å². The van der Waals surface area contributed by atoms with Gasteiger partial charge in [-0.15, -0.1) is 0 Å². The van der Waals surface area contributed by atoms with Crippen LogP contribution in [0.5, 0.6) is 0 Å². The molecule has 5 aromatic rings. The largest absolute Gasteiger partial charge is 0.440 e. The molecule has 0 bridgehead atoms. The molecule has 1 fully saturated rings. The van der Waals surface area contributed by atoms with Crippen LogP contribution in [0.4, 0.5) is 10.7 Å². The molecule has 14 heteroatoms. The molecule has 0 aliphatic carbocycles. The van der Waals surface area contributed by atoms with Gasteiger partial charge in [-0.2, -0.15) is 4.98 Å². The number of alkyl halides is 1. The van der Waals surface area contributed by atoms with Crippen molar-refractivity contribution in [3.8, 4) is 0 Å². The van der Waals surface area contributed by atoms with Gasteiger partial charge >= 0.3 is 6.09 Å². The van der Waals surface area contributed by atoms with Crippen LogP contribution in [-0.4, -0.2) is 82.9 Å². The topological polar surface area (TPSA) is 136 Å². The lowest BCUT2D eigenvalue weighted by Gasteiger charge is -2.43. The minimum absolute atomic E-state index is 0.0981. The van der Waals surface area contributed by atoms with Crippen LogP contribution in [0.2, 0.25) is 5.04 Å². The monoisotopic (exact) mass is 772 g/mol. The highest BCUT2D eigenvalue weighted by molar-refractivity contribution is 9.09. The third-order valence-electron chi connectivity index (χ3n) is 8.77. The third kappa shape index (κ3) is 7.69. The van der Waals surface area contributed by atoms with Gasteiger partial charge in [-0.3, -0.25) is 14.3 Å². The van der Waals surface area contributed by atoms with Crippen LogP contribution in [0.1, 0.15) is 32.6 Å². The number of imidazole rings is 1. The number of aliphatic imine (C=N–C) groups is 1. The molecule has 266 valence electrons. The molecule has 12 nitrogen and oxygen atoms in total. The van der Waals surface area contributed by atoms with Gasteiger partial charge in [0.25, 0.3) is 13.9 Å². The molecule has 1 aliphatic rings. The highest BCUT2D eigenvalue weighted by Crippen LogP contribution is 2.41. The number of nitrogens with zero attached hydrogens (tertiary/aromatic N) is 5. The molecule has 3 heterocycles. The van der Waals surface area contributed by atoms with Crippen LogP contribution in [0, 0.1) is 0 Å². The maximum atomic E-state index is 13.3. The first-order valence-corrected chi connectivity index (χ1v) is 19.5. The summed E-state index contributed by atoms with van der Waals surface area (Å²) < 4.78 is 21.7. The predicted octanol–water partition coefficient (Wildman–Crippen LogP) is 4.87. The Bertz CT molecular complexity index is 1980. The quantitative estimate of drug-likeness (QED) is 0.0639. The number of halogens is 1. The Balaban J connectivity index is 1.35. The van der Waals surface area contributed by atoms with Crippen molar-refractivity contribution in [2.24, 2.45) is 4.99 Å². The maximum Gasteiger partial charge on any atom is 0.407 e. The Morgan fingerprint density at radius 3 is 2.24 bits per heavy atom. The van der Waals surface area contributed by atoms with Crippen LogP contribution < -0.4 is 21.2 Å². The molecule has 0 unspecified atom stereocenters. The van der Waals surface area contributed by atoms with Crippen molar-refractivity contribution in [2.75, 3.05) is 20.7 Å². The van der Waals surface area contributed by atoms with Gasteiger partial charge in [0.1, 0.15) is 0 Å². The molecule has 6 rings (SSSR count). The standard InChI is InChI=1S/C37H42BrN7O5Si/c1-37(2,3)51(26-17-11-7-12-18-26,27-19-13-8-14-20-27)48-22-28-29(38)31(50-36(47)39-21-25-15-9-6-10-16-25)34(49-28)45-24-40-30-32(45)42-35(43-33(30)46)41-23-44(4)5/h6-20,23-24,28-29,31,34H,21-22H2,1-5H3,(H,39,47)(H,42,43,46)/b41-23+/t28-,29+,31-,34-/m1/s1/i39+1. The second-order valence-electron chi connectivity index (χ2n) is 13.6. The van der Waals surface area contributed by atoms with Crippen molar-refractivity contribution in [1.82, 2.24) is 29.7 Å². The molecule has 4 atom stereocenters. The number of benzene rings is 3. The van der Waals surface area contributed by atoms with E-state index < -0.39 is 43.2 Å². The molecular formula is C37H42BrN7O5Si. The van der Waals surface area contributed by atoms with Crippen molar-refractivity contribution in [2.45, 2.75) is 55.6 Å². The van der Waals surface area contributed by atoms with Gasteiger partial charge in [-0.25, -0.2) is 14.8 Å². The number of rotatable bonds is 11. The molecule has 0 saturated carbocycles. The Hall–Kier alpha value is -4.63. The molecule has 51 heavy (non-hydrogen) atoms. The van der Waals surface area contributed by atoms with Crippen molar-refractivity contribution >= 4 is 64.2 Å². The van der Waals surface area contributed by atoms with Crippen LogP contribution in [-0.2, 0) is 20.4 Å². The highest BCUT2D eigenvalue weighted by Gasteiger charge is 2.53. The van der Waals surface area contributed by atoms with Gasteiger partial charge in [0.05, 0.1) is 30.2 Å². The van der Waals surface area contributed by atoms with E-state index in [4.69, 9.17) is 13.9 Å². The van der Waals surface area contributed by atoms with E-state index >= 15 is 0 Å². The first-order valence-electron chi connectivity index (χ1n) is 16.7. The molecule has 1 aliphatic heterocycles. The molecule has 2 N–H and O–H groups in total. The molecule has 1 amide bonds. The van der Waals surface area contributed by atoms with E-state index in [-0.39, 0.29) is 35.3 Å². The molecule has 3 aromatic carbocycles. The second-order valence-corrected chi connectivity index (χ2v) is 19.0. The average molecular weight is 774 g/mol. The third-order valence-corrected chi connectivity index (χ3v) is 14.9. The number of alkyl carbamates (subject to hydrolysis) is 1. The van der Waals surface area contributed by atoms with Crippen LogP contribution >= 0.6 is 15.9 Å². The number of amides is 1. The smallest absolute Gasteiger partial charge is 0.407 e. The number of hydrogen-bond acceptors (Lipinski definition) is 8. The average Bonchev–Trinajstić information content (AvgIpc) is 3.68. The summed E-state index contributed by atoms with van der Waals surface area (Å²) in [4.78, 5) is 43.5. The van der Waals surface area contributed by atoms with Gasteiger partial charge in [-0.1, -0.05) is 128 Å². The lowest BCUT2D eigenvalue weighted by Crippen LogP contribution is -2.67. The number of carbonyl (C=O) groups is 1. The number of H-pyrrole nitrogens is 1. The number of fused-ring (bicyclic) bond motifs is 1. The summed E-state index contributed by atoms with van der Waals surface area (Å²) in [6.45, 7) is 7.10.